The minimum absolute atomic E-state index is 0.0928. The molecule has 0 bridgehead atoms. The lowest BCUT2D eigenvalue weighted by atomic mass is 9.89. The van der Waals surface area contributed by atoms with E-state index in [1.54, 1.807) is 0 Å². The molecule has 1 saturated heterocycles. The first kappa shape index (κ1) is 14.1. The number of carboxylic acid groups (broad SMARTS) is 1. The molecule has 0 aliphatic carbocycles. The lowest BCUT2D eigenvalue weighted by Gasteiger charge is -2.37. The molecule has 3 rings (SSSR count). The smallest absolute Gasteiger partial charge is 0.308 e. The van der Waals surface area contributed by atoms with Gasteiger partial charge in [0.25, 0.3) is 0 Å². The lowest BCUT2D eigenvalue weighted by Crippen LogP contribution is -2.45. The van der Waals surface area contributed by atoms with Gasteiger partial charge >= 0.3 is 5.97 Å². The topological polar surface area (TPSA) is 40.5 Å². The van der Waals surface area contributed by atoms with Gasteiger partial charge in [-0.1, -0.05) is 42.5 Å². The molecule has 0 spiro atoms. The zero-order valence-electron chi connectivity index (χ0n) is 12.3. The Morgan fingerprint density at radius 2 is 2.00 bits per heavy atom. The number of nitrogens with zero attached hydrogens (tertiary/aromatic N) is 1. The molecule has 2 aromatic carbocycles. The van der Waals surface area contributed by atoms with Gasteiger partial charge in [-0.25, -0.2) is 0 Å². The number of aliphatic carboxylic acids is 1. The minimum atomic E-state index is -0.662. The van der Waals surface area contributed by atoms with Crippen LogP contribution in [-0.4, -0.2) is 28.6 Å². The molecule has 1 N–H and O–H groups in total. The van der Waals surface area contributed by atoms with E-state index in [1.165, 1.54) is 16.3 Å². The number of piperidine rings is 1. The first-order valence-electron chi connectivity index (χ1n) is 7.60. The van der Waals surface area contributed by atoms with Crippen molar-refractivity contribution in [3.05, 3.63) is 48.0 Å². The first-order valence-corrected chi connectivity index (χ1v) is 7.60. The van der Waals surface area contributed by atoms with Gasteiger partial charge in [0.1, 0.15) is 0 Å². The molecule has 0 aromatic heterocycles. The fourth-order valence-electron chi connectivity index (χ4n) is 3.42. The predicted molar refractivity (Wildman–Crippen MR) is 84.2 cm³/mol. The summed E-state index contributed by atoms with van der Waals surface area (Å²) in [5.41, 5.74) is 1.28. The molecule has 2 atom stereocenters. The van der Waals surface area contributed by atoms with Crippen LogP contribution in [0.15, 0.2) is 42.5 Å². The summed E-state index contributed by atoms with van der Waals surface area (Å²) in [5.74, 6) is -0.904. The fourth-order valence-corrected chi connectivity index (χ4v) is 3.42. The Morgan fingerprint density at radius 1 is 1.24 bits per heavy atom. The third-order valence-electron chi connectivity index (χ3n) is 4.69. The molecule has 0 unspecified atom stereocenters. The van der Waals surface area contributed by atoms with Crippen LogP contribution >= 0.6 is 0 Å². The van der Waals surface area contributed by atoms with Crippen LogP contribution in [0.4, 0.5) is 0 Å². The SMILES string of the molecule is C[C@@H]1[C@H](C(=O)O)CCCN1Cc1cccc2ccccc12. The summed E-state index contributed by atoms with van der Waals surface area (Å²) in [6.07, 6.45) is 1.76. The number of carbonyl (C=O) groups is 1. The number of likely N-dealkylation sites (tertiary alicyclic amines) is 1. The van der Waals surface area contributed by atoms with Crippen LogP contribution in [0.25, 0.3) is 10.8 Å². The van der Waals surface area contributed by atoms with Crippen molar-refractivity contribution < 1.29 is 9.90 Å². The molecular weight excluding hydrogens is 262 g/mol. The number of hydrogen-bond donors (Lipinski definition) is 1. The van der Waals surface area contributed by atoms with Gasteiger partial charge in [-0.2, -0.15) is 0 Å². The molecule has 3 heteroatoms. The lowest BCUT2D eigenvalue weighted by molar-refractivity contribution is -0.145. The number of rotatable bonds is 3. The van der Waals surface area contributed by atoms with Crippen LogP contribution < -0.4 is 0 Å². The van der Waals surface area contributed by atoms with E-state index in [0.717, 1.165) is 25.9 Å². The van der Waals surface area contributed by atoms with Gasteiger partial charge in [-0.05, 0) is 42.6 Å². The Hall–Kier alpha value is -1.87. The van der Waals surface area contributed by atoms with E-state index in [4.69, 9.17) is 0 Å². The van der Waals surface area contributed by atoms with E-state index in [-0.39, 0.29) is 12.0 Å². The van der Waals surface area contributed by atoms with Crippen molar-refractivity contribution in [3.8, 4) is 0 Å². The van der Waals surface area contributed by atoms with Crippen molar-refractivity contribution in [1.82, 2.24) is 4.90 Å². The minimum Gasteiger partial charge on any atom is -0.481 e. The second-order valence-electron chi connectivity index (χ2n) is 5.94. The zero-order chi connectivity index (χ0) is 14.8. The average molecular weight is 283 g/mol. The molecular formula is C18H21NO2. The number of carboxylic acids is 1. The number of fused-ring (bicyclic) bond motifs is 1. The summed E-state index contributed by atoms with van der Waals surface area (Å²) in [6, 6.07) is 14.8. The van der Waals surface area contributed by atoms with E-state index in [0.29, 0.717) is 0 Å². The molecule has 1 aliphatic heterocycles. The van der Waals surface area contributed by atoms with Crippen molar-refractivity contribution in [1.29, 1.82) is 0 Å². The van der Waals surface area contributed by atoms with E-state index in [2.05, 4.69) is 47.4 Å². The third-order valence-corrected chi connectivity index (χ3v) is 4.69. The van der Waals surface area contributed by atoms with Gasteiger partial charge in [-0.15, -0.1) is 0 Å². The number of hydrogen-bond acceptors (Lipinski definition) is 2. The highest BCUT2D eigenvalue weighted by Gasteiger charge is 2.32. The number of benzene rings is 2. The van der Waals surface area contributed by atoms with E-state index < -0.39 is 5.97 Å². The van der Waals surface area contributed by atoms with Crippen molar-refractivity contribution in [2.24, 2.45) is 5.92 Å². The molecule has 1 fully saturated rings. The monoisotopic (exact) mass is 283 g/mol. The van der Waals surface area contributed by atoms with Crippen LogP contribution in [0.1, 0.15) is 25.3 Å². The van der Waals surface area contributed by atoms with Gasteiger partial charge < -0.3 is 5.11 Å². The fraction of sp³-hybridized carbons (Fsp3) is 0.389. The maximum atomic E-state index is 11.3. The Bertz CT molecular complexity index is 647. The van der Waals surface area contributed by atoms with Crippen molar-refractivity contribution in [3.63, 3.8) is 0 Å². The van der Waals surface area contributed by atoms with Gasteiger partial charge in [0.15, 0.2) is 0 Å². The van der Waals surface area contributed by atoms with Crippen LogP contribution in [0.3, 0.4) is 0 Å². The second kappa shape index (κ2) is 5.86. The Labute approximate surface area is 125 Å². The summed E-state index contributed by atoms with van der Waals surface area (Å²) >= 11 is 0. The molecule has 21 heavy (non-hydrogen) atoms. The molecule has 1 heterocycles. The molecule has 3 nitrogen and oxygen atoms in total. The Kier molecular flexibility index (Phi) is 3.93. The maximum Gasteiger partial charge on any atom is 0.308 e. The van der Waals surface area contributed by atoms with Crippen LogP contribution in [0.2, 0.25) is 0 Å². The summed E-state index contributed by atoms with van der Waals surface area (Å²) in [4.78, 5) is 13.7. The van der Waals surface area contributed by atoms with E-state index in [1.807, 2.05) is 6.92 Å². The van der Waals surface area contributed by atoms with E-state index >= 15 is 0 Å². The highest BCUT2D eigenvalue weighted by molar-refractivity contribution is 5.85. The standard InChI is InChI=1S/C18H21NO2/c1-13-16(18(20)21)10-5-11-19(13)12-15-8-4-7-14-6-2-3-9-17(14)15/h2-4,6-9,13,16H,5,10-12H2,1H3,(H,20,21)/t13-,16-/m1/s1. The summed E-state index contributed by atoms with van der Waals surface area (Å²) in [5, 5.41) is 11.9. The van der Waals surface area contributed by atoms with Gasteiger partial charge in [0.2, 0.25) is 0 Å². The third kappa shape index (κ3) is 2.79. The van der Waals surface area contributed by atoms with Crippen molar-refractivity contribution >= 4 is 16.7 Å². The van der Waals surface area contributed by atoms with Crippen LogP contribution in [-0.2, 0) is 11.3 Å². The van der Waals surface area contributed by atoms with Gasteiger partial charge in [0.05, 0.1) is 5.92 Å². The molecule has 0 amide bonds. The normalized spacial score (nSPS) is 23.3. The molecule has 1 aliphatic rings. The van der Waals surface area contributed by atoms with Crippen LogP contribution in [0.5, 0.6) is 0 Å². The summed E-state index contributed by atoms with van der Waals surface area (Å²) < 4.78 is 0. The van der Waals surface area contributed by atoms with E-state index in [9.17, 15) is 9.90 Å². The highest BCUT2D eigenvalue weighted by Crippen LogP contribution is 2.27. The maximum absolute atomic E-state index is 11.3. The Balaban J connectivity index is 1.86. The summed E-state index contributed by atoms with van der Waals surface area (Å²) in [7, 11) is 0. The van der Waals surface area contributed by atoms with Crippen LogP contribution in [0, 0.1) is 5.92 Å². The largest absolute Gasteiger partial charge is 0.481 e. The van der Waals surface area contributed by atoms with Crippen molar-refractivity contribution in [2.75, 3.05) is 6.54 Å². The van der Waals surface area contributed by atoms with Gasteiger partial charge in [-0.3, -0.25) is 9.69 Å². The quantitative estimate of drug-likeness (QED) is 0.937. The molecule has 2 aromatic rings. The molecule has 110 valence electrons. The second-order valence-corrected chi connectivity index (χ2v) is 5.94. The predicted octanol–water partition coefficient (Wildman–Crippen LogP) is 3.52. The highest BCUT2D eigenvalue weighted by atomic mass is 16.4. The first-order chi connectivity index (χ1) is 10.2. The zero-order valence-corrected chi connectivity index (χ0v) is 12.3. The Morgan fingerprint density at radius 3 is 2.81 bits per heavy atom. The summed E-state index contributed by atoms with van der Waals surface area (Å²) in [6.45, 7) is 3.85. The van der Waals surface area contributed by atoms with Gasteiger partial charge in [0, 0.05) is 12.6 Å². The molecule has 0 radical (unpaired) electrons. The van der Waals surface area contributed by atoms with Crippen molar-refractivity contribution in [2.45, 2.75) is 32.4 Å². The molecule has 0 saturated carbocycles. The average Bonchev–Trinajstić information content (AvgIpc) is 2.49.